The van der Waals surface area contributed by atoms with Gasteiger partial charge in [0.1, 0.15) is 0 Å². The summed E-state index contributed by atoms with van der Waals surface area (Å²) in [4.78, 5) is 11.5. The second-order valence-electron chi connectivity index (χ2n) is 4.15. The molecule has 0 N–H and O–H groups in total. The molecule has 0 atom stereocenters. The van der Waals surface area contributed by atoms with Gasteiger partial charge in [0.05, 0.1) is 11.0 Å². The van der Waals surface area contributed by atoms with E-state index >= 15 is 0 Å². The van der Waals surface area contributed by atoms with Crippen LogP contribution in [0.4, 0.5) is 0 Å². The van der Waals surface area contributed by atoms with Gasteiger partial charge in [-0.15, -0.1) is 0 Å². The SMILES string of the molecule is Cc1ccn(CCS(=O)(=O)C(C)C)c(=O)c1. The Labute approximate surface area is 95.8 Å². The summed E-state index contributed by atoms with van der Waals surface area (Å²) in [6, 6.07) is 3.30. The molecule has 16 heavy (non-hydrogen) atoms. The summed E-state index contributed by atoms with van der Waals surface area (Å²) in [5.74, 6) is 0.00757. The van der Waals surface area contributed by atoms with E-state index in [1.54, 1.807) is 26.1 Å². The summed E-state index contributed by atoms with van der Waals surface area (Å²) < 4.78 is 24.6. The molecule has 0 aliphatic carbocycles. The summed E-state index contributed by atoms with van der Waals surface area (Å²) in [5, 5.41) is -0.395. The van der Waals surface area contributed by atoms with Crippen LogP contribution in [0.5, 0.6) is 0 Å². The highest BCUT2D eigenvalue weighted by atomic mass is 32.2. The molecule has 4 nitrogen and oxygen atoms in total. The Balaban J connectivity index is 2.80. The Morgan fingerprint density at radius 1 is 1.38 bits per heavy atom. The van der Waals surface area contributed by atoms with Crippen molar-refractivity contribution in [1.82, 2.24) is 4.57 Å². The summed E-state index contributed by atoms with van der Waals surface area (Å²) in [6.45, 7) is 5.34. The highest BCUT2D eigenvalue weighted by molar-refractivity contribution is 7.91. The number of aromatic nitrogens is 1. The first kappa shape index (κ1) is 13.0. The Bertz CT molecular complexity index is 514. The third-order valence-electron chi connectivity index (χ3n) is 2.49. The summed E-state index contributed by atoms with van der Waals surface area (Å²) in [6.07, 6.45) is 1.63. The number of hydrogen-bond acceptors (Lipinski definition) is 3. The van der Waals surface area contributed by atoms with Crippen molar-refractivity contribution in [2.75, 3.05) is 5.75 Å². The fourth-order valence-electron chi connectivity index (χ4n) is 1.25. The molecule has 1 rings (SSSR count). The normalized spacial score (nSPS) is 12.0. The maximum Gasteiger partial charge on any atom is 0.250 e. The van der Waals surface area contributed by atoms with E-state index in [1.807, 2.05) is 6.92 Å². The van der Waals surface area contributed by atoms with Crippen LogP contribution in [0.2, 0.25) is 0 Å². The second kappa shape index (κ2) is 4.82. The predicted octanol–water partition coefficient (Wildman–Crippen LogP) is 0.980. The van der Waals surface area contributed by atoms with Crippen LogP contribution in [0.25, 0.3) is 0 Å². The second-order valence-corrected chi connectivity index (χ2v) is 6.83. The van der Waals surface area contributed by atoms with E-state index in [0.717, 1.165) is 5.56 Å². The van der Waals surface area contributed by atoms with Crippen molar-refractivity contribution in [3.63, 3.8) is 0 Å². The van der Waals surface area contributed by atoms with Crippen molar-refractivity contribution < 1.29 is 8.42 Å². The van der Waals surface area contributed by atoms with Crippen molar-refractivity contribution in [2.45, 2.75) is 32.6 Å². The first-order valence-corrected chi connectivity index (χ1v) is 6.93. The summed E-state index contributed by atoms with van der Waals surface area (Å²) in [7, 11) is -3.08. The van der Waals surface area contributed by atoms with Crippen LogP contribution in [0, 0.1) is 6.92 Å². The zero-order valence-corrected chi connectivity index (χ0v) is 10.6. The van der Waals surface area contributed by atoms with Crippen molar-refractivity contribution in [3.05, 3.63) is 34.2 Å². The van der Waals surface area contributed by atoms with Crippen LogP contribution in [0.3, 0.4) is 0 Å². The minimum absolute atomic E-state index is 0.00757. The van der Waals surface area contributed by atoms with Crippen LogP contribution in [0.1, 0.15) is 19.4 Å². The summed E-state index contributed by atoms with van der Waals surface area (Å²) >= 11 is 0. The molecule has 5 heteroatoms. The molecular formula is C11H17NO3S. The van der Waals surface area contributed by atoms with Gasteiger partial charge in [-0.25, -0.2) is 8.42 Å². The fraction of sp³-hybridized carbons (Fsp3) is 0.545. The van der Waals surface area contributed by atoms with Gasteiger partial charge in [-0.1, -0.05) is 0 Å². The van der Waals surface area contributed by atoms with Crippen molar-refractivity contribution in [3.8, 4) is 0 Å². The highest BCUT2D eigenvalue weighted by Gasteiger charge is 2.15. The van der Waals surface area contributed by atoms with Gasteiger partial charge in [-0.3, -0.25) is 4.79 Å². The lowest BCUT2D eigenvalue weighted by atomic mass is 10.3. The average Bonchev–Trinajstić information content (AvgIpc) is 2.16. The Hall–Kier alpha value is -1.10. The van der Waals surface area contributed by atoms with Crippen LogP contribution in [-0.2, 0) is 16.4 Å². The molecule has 1 heterocycles. The number of rotatable bonds is 4. The predicted molar refractivity (Wildman–Crippen MR) is 64.4 cm³/mol. The molecule has 0 aromatic carbocycles. The topological polar surface area (TPSA) is 56.1 Å². The number of nitrogens with zero attached hydrogens (tertiary/aromatic N) is 1. The van der Waals surface area contributed by atoms with E-state index < -0.39 is 15.1 Å². The highest BCUT2D eigenvalue weighted by Crippen LogP contribution is 2.01. The van der Waals surface area contributed by atoms with Gasteiger partial charge in [0, 0.05) is 18.8 Å². The molecule has 0 aliphatic heterocycles. The van der Waals surface area contributed by atoms with Crippen LogP contribution in [-0.4, -0.2) is 24.0 Å². The molecule has 1 aromatic heterocycles. The van der Waals surface area contributed by atoms with E-state index in [1.165, 1.54) is 10.6 Å². The number of sulfone groups is 1. The molecule has 90 valence electrons. The van der Waals surface area contributed by atoms with Gasteiger partial charge in [0.25, 0.3) is 5.56 Å². The minimum atomic E-state index is -3.08. The smallest absolute Gasteiger partial charge is 0.250 e. The monoisotopic (exact) mass is 243 g/mol. The van der Waals surface area contributed by atoms with Gasteiger partial charge >= 0.3 is 0 Å². The first-order valence-electron chi connectivity index (χ1n) is 5.21. The zero-order chi connectivity index (χ0) is 12.3. The van der Waals surface area contributed by atoms with Gasteiger partial charge in [-0.2, -0.15) is 0 Å². The molecule has 0 radical (unpaired) electrons. The van der Waals surface area contributed by atoms with E-state index in [0.29, 0.717) is 0 Å². The van der Waals surface area contributed by atoms with Crippen LogP contribution < -0.4 is 5.56 Å². The first-order chi connectivity index (χ1) is 7.33. The van der Waals surface area contributed by atoms with E-state index in [4.69, 9.17) is 0 Å². The van der Waals surface area contributed by atoms with Gasteiger partial charge in [0.15, 0.2) is 9.84 Å². The maximum atomic E-state index is 11.6. The fourth-order valence-corrected chi connectivity index (χ4v) is 2.18. The summed E-state index contributed by atoms with van der Waals surface area (Å²) in [5.41, 5.74) is 0.729. The number of pyridine rings is 1. The molecule has 0 aliphatic rings. The quantitative estimate of drug-likeness (QED) is 0.792. The van der Waals surface area contributed by atoms with Gasteiger partial charge in [-0.05, 0) is 32.4 Å². The Morgan fingerprint density at radius 3 is 2.50 bits per heavy atom. The molecule has 0 spiro atoms. The third kappa shape index (κ3) is 3.20. The van der Waals surface area contributed by atoms with Crippen LogP contribution >= 0.6 is 0 Å². The molecule has 0 saturated carbocycles. The van der Waals surface area contributed by atoms with Crippen molar-refractivity contribution in [1.29, 1.82) is 0 Å². The lowest BCUT2D eigenvalue weighted by Gasteiger charge is -2.09. The number of hydrogen-bond donors (Lipinski definition) is 0. The molecule has 0 bridgehead atoms. The Kier molecular flexibility index (Phi) is 3.91. The number of aryl methyl sites for hydroxylation is 2. The maximum absolute atomic E-state index is 11.6. The molecule has 0 fully saturated rings. The standard InChI is InChI=1S/C11H17NO3S/c1-9(2)16(14,15)7-6-12-5-4-10(3)8-11(12)13/h4-5,8-9H,6-7H2,1-3H3. The van der Waals surface area contributed by atoms with Crippen molar-refractivity contribution >= 4 is 9.84 Å². The van der Waals surface area contributed by atoms with E-state index in [-0.39, 0.29) is 17.9 Å². The van der Waals surface area contributed by atoms with Gasteiger partial charge < -0.3 is 4.57 Å². The lowest BCUT2D eigenvalue weighted by Crippen LogP contribution is -2.26. The third-order valence-corrected chi connectivity index (χ3v) is 4.67. The van der Waals surface area contributed by atoms with Crippen LogP contribution in [0.15, 0.2) is 23.1 Å². The molecule has 1 aromatic rings. The van der Waals surface area contributed by atoms with Crippen molar-refractivity contribution in [2.24, 2.45) is 0 Å². The Morgan fingerprint density at radius 2 is 2.00 bits per heavy atom. The van der Waals surface area contributed by atoms with E-state index in [2.05, 4.69) is 0 Å². The molecular weight excluding hydrogens is 226 g/mol. The zero-order valence-electron chi connectivity index (χ0n) is 9.80. The molecule has 0 unspecified atom stereocenters. The minimum Gasteiger partial charge on any atom is -0.315 e. The molecule has 0 saturated heterocycles. The van der Waals surface area contributed by atoms with E-state index in [9.17, 15) is 13.2 Å². The average molecular weight is 243 g/mol. The lowest BCUT2D eigenvalue weighted by molar-refractivity contribution is 0.578. The molecule has 0 amide bonds. The largest absolute Gasteiger partial charge is 0.315 e. The van der Waals surface area contributed by atoms with Gasteiger partial charge in [0.2, 0.25) is 0 Å².